The minimum absolute atomic E-state index is 0.276. The number of nitrogens with zero attached hydrogens (tertiary/aromatic N) is 2. The summed E-state index contributed by atoms with van der Waals surface area (Å²) in [5.74, 6) is -0.605. The zero-order valence-corrected chi connectivity index (χ0v) is 14.6. The Labute approximate surface area is 156 Å². The number of H-pyrrole nitrogens is 1. The van der Waals surface area contributed by atoms with Crippen molar-refractivity contribution in [3.05, 3.63) is 66.1 Å². The molecular formula is C20H19FN4O2. The van der Waals surface area contributed by atoms with Gasteiger partial charge in [0.15, 0.2) is 0 Å². The number of benzene rings is 2. The largest absolute Gasteiger partial charge is 0.378 e. The van der Waals surface area contributed by atoms with Crippen molar-refractivity contribution >= 4 is 17.3 Å². The normalized spacial score (nSPS) is 14.2. The van der Waals surface area contributed by atoms with Gasteiger partial charge in [-0.1, -0.05) is 0 Å². The van der Waals surface area contributed by atoms with Gasteiger partial charge in [0.05, 0.1) is 30.7 Å². The maximum absolute atomic E-state index is 13.1. The van der Waals surface area contributed by atoms with Gasteiger partial charge in [-0.25, -0.2) is 4.39 Å². The third kappa shape index (κ3) is 3.83. The standard InChI is InChI=1S/C20H19FN4O2/c21-15-3-1-14(2-4-15)19-18(13-22-24-19)20(26)23-16-5-7-17(8-6-16)25-9-11-27-12-10-25/h1-8,13H,9-12H2,(H,22,24)(H,23,26). The number of morpholine rings is 1. The molecule has 2 aromatic carbocycles. The van der Waals surface area contributed by atoms with Gasteiger partial charge in [0.2, 0.25) is 0 Å². The first-order valence-electron chi connectivity index (χ1n) is 8.74. The number of ether oxygens (including phenoxy) is 1. The highest BCUT2D eigenvalue weighted by Gasteiger charge is 2.16. The number of carbonyl (C=O) groups excluding carboxylic acids is 1. The third-order valence-corrected chi connectivity index (χ3v) is 4.52. The lowest BCUT2D eigenvalue weighted by molar-refractivity contribution is 0.102. The van der Waals surface area contributed by atoms with E-state index in [9.17, 15) is 9.18 Å². The number of hydrogen-bond donors (Lipinski definition) is 2. The van der Waals surface area contributed by atoms with Crippen molar-refractivity contribution in [3.8, 4) is 11.3 Å². The van der Waals surface area contributed by atoms with Crippen molar-refractivity contribution in [3.63, 3.8) is 0 Å². The van der Waals surface area contributed by atoms with Gasteiger partial charge < -0.3 is 15.0 Å². The fourth-order valence-corrected chi connectivity index (χ4v) is 3.07. The monoisotopic (exact) mass is 366 g/mol. The molecule has 27 heavy (non-hydrogen) atoms. The molecule has 138 valence electrons. The summed E-state index contributed by atoms with van der Waals surface area (Å²) in [5, 5.41) is 9.65. The first-order valence-corrected chi connectivity index (χ1v) is 8.74. The summed E-state index contributed by atoms with van der Waals surface area (Å²) in [6.45, 7) is 3.18. The van der Waals surface area contributed by atoms with Crippen molar-refractivity contribution in [1.29, 1.82) is 0 Å². The summed E-state index contributed by atoms with van der Waals surface area (Å²) in [6, 6.07) is 13.6. The topological polar surface area (TPSA) is 70.2 Å². The van der Waals surface area contributed by atoms with E-state index in [-0.39, 0.29) is 11.7 Å². The van der Waals surface area contributed by atoms with E-state index in [1.54, 1.807) is 12.1 Å². The maximum Gasteiger partial charge on any atom is 0.259 e. The molecule has 7 heteroatoms. The molecule has 0 saturated carbocycles. The molecule has 1 amide bonds. The summed E-state index contributed by atoms with van der Waals surface area (Å²) in [6.07, 6.45) is 1.47. The number of aromatic amines is 1. The highest BCUT2D eigenvalue weighted by molar-refractivity contribution is 6.08. The molecule has 1 aromatic heterocycles. The molecule has 1 fully saturated rings. The van der Waals surface area contributed by atoms with Crippen LogP contribution in [0.2, 0.25) is 0 Å². The van der Waals surface area contributed by atoms with Crippen molar-refractivity contribution in [2.45, 2.75) is 0 Å². The molecule has 0 unspecified atom stereocenters. The first kappa shape index (κ1) is 17.2. The van der Waals surface area contributed by atoms with Gasteiger partial charge in [0.25, 0.3) is 5.91 Å². The van der Waals surface area contributed by atoms with Gasteiger partial charge >= 0.3 is 0 Å². The predicted molar refractivity (Wildman–Crippen MR) is 101 cm³/mol. The molecule has 0 atom stereocenters. The van der Waals surface area contributed by atoms with E-state index in [2.05, 4.69) is 20.4 Å². The summed E-state index contributed by atoms with van der Waals surface area (Å²) in [4.78, 5) is 14.9. The van der Waals surface area contributed by atoms with E-state index in [0.29, 0.717) is 22.5 Å². The summed E-state index contributed by atoms with van der Waals surface area (Å²) < 4.78 is 18.5. The van der Waals surface area contributed by atoms with E-state index in [0.717, 1.165) is 32.0 Å². The lowest BCUT2D eigenvalue weighted by Crippen LogP contribution is -2.36. The van der Waals surface area contributed by atoms with Crippen LogP contribution in [0.4, 0.5) is 15.8 Å². The van der Waals surface area contributed by atoms with E-state index >= 15 is 0 Å². The molecule has 2 N–H and O–H groups in total. The lowest BCUT2D eigenvalue weighted by Gasteiger charge is -2.28. The van der Waals surface area contributed by atoms with Crippen LogP contribution in [0.1, 0.15) is 10.4 Å². The number of rotatable bonds is 4. The molecule has 2 heterocycles. The Bertz CT molecular complexity index is 916. The zero-order chi connectivity index (χ0) is 18.6. The number of carbonyl (C=O) groups is 1. The Hall–Kier alpha value is -3.19. The Kier molecular flexibility index (Phi) is 4.84. The number of aromatic nitrogens is 2. The molecule has 6 nitrogen and oxygen atoms in total. The average Bonchev–Trinajstić information content (AvgIpc) is 3.20. The Morgan fingerprint density at radius 1 is 1.07 bits per heavy atom. The van der Waals surface area contributed by atoms with E-state index in [1.807, 2.05) is 24.3 Å². The highest BCUT2D eigenvalue weighted by atomic mass is 19.1. The van der Waals surface area contributed by atoms with Crippen LogP contribution in [-0.4, -0.2) is 42.4 Å². The first-order chi connectivity index (χ1) is 13.2. The van der Waals surface area contributed by atoms with Crippen LogP contribution in [0.3, 0.4) is 0 Å². The van der Waals surface area contributed by atoms with Gasteiger partial charge in [0, 0.05) is 30.0 Å². The molecule has 3 aromatic rings. The third-order valence-electron chi connectivity index (χ3n) is 4.52. The van der Waals surface area contributed by atoms with Gasteiger partial charge in [-0.15, -0.1) is 0 Å². The van der Waals surface area contributed by atoms with Crippen LogP contribution in [0.5, 0.6) is 0 Å². The minimum Gasteiger partial charge on any atom is -0.378 e. The van der Waals surface area contributed by atoms with Gasteiger partial charge in [-0.05, 0) is 48.5 Å². The summed E-state index contributed by atoms with van der Waals surface area (Å²) >= 11 is 0. The molecule has 0 aliphatic carbocycles. The fourth-order valence-electron chi connectivity index (χ4n) is 3.07. The summed E-state index contributed by atoms with van der Waals surface area (Å²) in [5.41, 5.74) is 3.45. The Morgan fingerprint density at radius 3 is 2.48 bits per heavy atom. The number of hydrogen-bond acceptors (Lipinski definition) is 4. The van der Waals surface area contributed by atoms with Crippen LogP contribution in [-0.2, 0) is 4.74 Å². The SMILES string of the molecule is O=C(Nc1ccc(N2CCOCC2)cc1)c1cn[nH]c1-c1ccc(F)cc1. The van der Waals surface area contributed by atoms with Crippen LogP contribution in [0, 0.1) is 5.82 Å². The number of anilines is 2. The molecule has 1 aliphatic heterocycles. The van der Waals surface area contributed by atoms with Crippen LogP contribution >= 0.6 is 0 Å². The Balaban J connectivity index is 1.48. The predicted octanol–water partition coefficient (Wildman–Crippen LogP) is 3.30. The second-order valence-electron chi connectivity index (χ2n) is 6.27. The maximum atomic E-state index is 13.1. The second kappa shape index (κ2) is 7.59. The average molecular weight is 366 g/mol. The van der Waals surface area contributed by atoms with Crippen LogP contribution < -0.4 is 10.2 Å². The van der Waals surface area contributed by atoms with Crippen LogP contribution in [0.25, 0.3) is 11.3 Å². The van der Waals surface area contributed by atoms with Crippen molar-refractivity contribution < 1.29 is 13.9 Å². The second-order valence-corrected chi connectivity index (χ2v) is 6.27. The van der Waals surface area contributed by atoms with E-state index in [1.165, 1.54) is 18.3 Å². The lowest BCUT2D eigenvalue weighted by atomic mass is 10.1. The summed E-state index contributed by atoms with van der Waals surface area (Å²) in [7, 11) is 0. The number of halogens is 1. The molecule has 4 rings (SSSR count). The minimum atomic E-state index is -0.329. The van der Waals surface area contributed by atoms with Crippen molar-refractivity contribution in [1.82, 2.24) is 10.2 Å². The highest BCUT2D eigenvalue weighted by Crippen LogP contribution is 2.23. The fraction of sp³-hybridized carbons (Fsp3) is 0.200. The van der Waals surface area contributed by atoms with E-state index < -0.39 is 0 Å². The van der Waals surface area contributed by atoms with Gasteiger partial charge in [-0.2, -0.15) is 5.10 Å². The number of amides is 1. The van der Waals surface area contributed by atoms with Crippen molar-refractivity contribution in [2.24, 2.45) is 0 Å². The molecule has 0 spiro atoms. The van der Waals surface area contributed by atoms with Gasteiger partial charge in [0.1, 0.15) is 5.82 Å². The smallest absolute Gasteiger partial charge is 0.259 e. The zero-order valence-electron chi connectivity index (χ0n) is 14.6. The quantitative estimate of drug-likeness (QED) is 0.743. The molecule has 1 saturated heterocycles. The van der Waals surface area contributed by atoms with Crippen molar-refractivity contribution in [2.75, 3.05) is 36.5 Å². The molecule has 0 radical (unpaired) electrons. The number of nitrogens with one attached hydrogen (secondary N) is 2. The molecule has 0 bridgehead atoms. The van der Waals surface area contributed by atoms with E-state index in [4.69, 9.17) is 4.74 Å². The molecular weight excluding hydrogens is 347 g/mol. The van der Waals surface area contributed by atoms with Gasteiger partial charge in [-0.3, -0.25) is 9.89 Å². The van der Waals surface area contributed by atoms with Crippen LogP contribution in [0.15, 0.2) is 54.7 Å². The Morgan fingerprint density at radius 2 is 1.78 bits per heavy atom. The molecule has 1 aliphatic rings.